The molecule has 5 heteroatoms. The van der Waals surface area contributed by atoms with E-state index in [0.717, 1.165) is 30.7 Å². The van der Waals surface area contributed by atoms with Gasteiger partial charge in [0.15, 0.2) is 11.6 Å². The van der Waals surface area contributed by atoms with Crippen LogP contribution in [-0.2, 0) is 0 Å². The second-order valence-corrected chi connectivity index (χ2v) is 10.7. The number of aromatic nitrogens is 2. The van der Waals surface area contributed by atoms with Gasteiger partial charge in [-0.05, 0) is 18.8 Å². The number of unbranched alkanes of at least 4 members (excludes halogenated alkanes) is 7. The lowest BCUT2D eigenvalue weighted by molar-refractivity contribution is 0.250. The van der Waals surface area contributed by atoms with Gasteiger partial charge in [-0.15, -0.1) is 11.6 Å². The predicted octanol–water partition coefficient (Wildman–Crippen LogP) is 9.01. The molecule has 4 nitrogen and oxygen atoms in total. The molecule has 0 bridgehead atoms. The Hall–Kier alpha value is -1.81. The van der Waals surface area contributed by atoms with Crippen molar-refractivity contribution in [2.45, 2.75) is 109 Å². The van der Waals surface area contributed by atoms with Crippen molar-refractivity contribution in [3.63, 3.8) is 0 Å². The molecular weight excluding hydrogens is 456 g/mol. The molecule has 0 saturated heterocycles. The minimum absolute atomic E-state index is 0.0286. The fraction of sp³-hybridized carbons (Fsp3) is 0.667. The van der Waals surface area contributed by atoms with E-state index in [1.165, 1.54) is 77.0 Å². The fourth-order valence-electron chi connectivity index (χ4n) is 4.88. The summed E-state index contributed by atoms with van der Waals surface area (Å²) in [7, 11) is 0. The van der Waals surface area contributed by atoms with E-state index in [2.05, 4.69) is 16.9 Å². The predicted molar refractivity (Wildman–Crippen MR) is 147 cm³/mol. The van der Waals surface area contributed by atoms with Crippen LogP contribution in [0.1, 0.15) is 103 Å². The molecule has 3 rings (SSSR count). The molecule has 35 heavy (non-hydrogen) atoms. The van der Waals surface area contributed by atoms with Crippen molar-refractivity contribution in [2.75, 3.05) is 13.2 Å². The second kappa shape index (κ2) is 16.8. The van der Waals surface area contributed by atoms with Crippen LogP contribution in [0.5, 0.6) is 11.6 Å². The van der Waals surface area contributed by atoms with E-state index in [9.17, 15) is 0 Å². The quantitative estimate of drug-likeness (QED) is 0.151. The van der Waals surface area contributed by atoms with Crippen LogP contribution in [0.25, 0.3) is 11.4 Å². The first-order valence-corrected chi connectivity index (χ1v) is 14.5. The maximum Gasteiger partial charge on any atom is 0.260 e. The highest BCUT2D eigenvalue weighted by Gasteiger charge is 2.15. The van der Waals surface area contributed by atoms with Crippen LogP contribution in [0, 0.1) is 5.92 Å². The minimum Gasteiger partial charge on any atom is -0.487 e. The molecule has 1 aliphatic carbocycles. The van der Waals surface area contributed by atoms with Crippen molar-refractivity contribution in [3.05, 3.63) is 36.5 Å². The molecule has 0 radical (unpaired) electrons. The van der Waals surface area contributed by atoms with Crippen molar-refractivity contribution >= 4 is 11.6 Å². The second-order valence-electron chi connectivity index (χ2n) is 10.0. The first kappa shape index (κ1) is 27.8. The summed E-state index contributed by atoms with van der Waals surface area (Å²) in [5.74, 6) is 2.76. The van der Waals surface area contributed by atoms with Crippen LogP contribution in [0.15, 0.2) is 36.5 Å². The number of alkyl halides is 1. The molecule has 1 aromatic carbocycles. The molecule has 1 atom stereocenters. The van der Waals surface area contributed by atoms with Crippen LogP contribution in [0.2, 0.25) is 0 Å². The van der Waals surface area contributed by atoms with Gasteiger partial charge in [-0.1, -0.05) is 121 Å². The van der Waals surface area contributed by atoms with E-state index in [1.54, 1.807) is 6.20 Å². The smallest absolute Gasteiger partial charge is 0.260 e. The van der Waals surface area contributed by atoms with Gasteiger partial charge < -0.3 is 9.47 Å². The van der Waals surface area contributed by atoms with E-state index in [0.29, 0.717) is 30.7 Å². The summed E-state index contributed by atoms with van der Waals surface area (Å²) >= 11 is 6.54. The Kier molecular flexibility index (Phi) is 13.3. The van der Waals surface area contributed by atoms with Gasteiger partial charge in [0.05, 0.1) is 18.2 Å². The highest BCUT2D eigenvalue weighted by molar-refractivity contribution is 6.20. The molecule has 194 valence electrons. The molecule has 0 spiro atoms. The molecule has 1 heterocycles. The first-order valence-electron chi connectivity index (χ1n) is 14.1. The van der Waals surface area contributed by atoms with Crippen molar-refractivity contribution in [3.8, 4) is 23.0 Å². The topological polar surface area (TPSA) is 44.2 Å². The monoisotopic (exact) mass is 500 g/mol. The summed E-state index contributed by atoms with van der Waals surface area (Å²) in [6, 6.07) is 9.98. The van der Waals surface area contributed by atoms with E-state index < -0.39 is 0 Å². The standard InChI is InChI=1S/C30H45ClN2O2/c1-2-3-4-12-21-27(31)24-35-30-28(23-32-29(33-30)26-19-10-8-11-20-26)34-22-15-7-5-6-9-16-25-17-13-14-18-25/h8,10-11,19-20,23,25,27H,2-7,9,12-18,21-22,24H2,1H3. The Morgan fingerprint density at radius 3 is 2.46 bits per heavy atom. The Morgan fingerprint density at radius 2 is 1.66 bits per heavy atom. The molecule has 1 fully saturated rings. The maximum atomic E-state index is 6.54. The summed E-state index contributed by atoms with van der Waals surface area (Å²) in [6.45, 7) is 3.31. The molecule has 0 N–H and O–H groups in total. The summed E-state index contributed by atoms with van der Waals surface area (Å²) < 4.78 is 12.1. The number of hydrogen-bond acceptors (Lipinski definition) is 4. The normalized spacial score (nSPS) is 14.8. The molecule has 0 amide bonds. The average molecular weight is 501 g/mol. The number of hydrogen-bond donors (Lipinski definition) is 0. The number of nitrogens with zero attached hydrogens (tertiary/aromatic N) is 2. The van der Waals surface area contributed by atoms with Gasteiger partial charge in [0.25, 0.3) is 5.88 Å². The van der Waals surface area contributed by atoms with Crippen molar-refractivity contribution < 1.29 is 9.47 Å². The highest BCUT2D eigenvalue weighted by Crippen LogP contribution is 2.30. The van der Waals surface area contributed by atoms with E-state index >= 15 is 0 Å². The van der Waals surface area contributed by atoms with Gasteiger partial charge in [0, 0.05) is 5.56 Å². The third kappa shape index (κ3) is 10.8. The molecule has 1 unspecified atom stereocenters. The van der Waals surface area contributed by atoms with E-state index in [1.807, 2.05) is 30.3 Å². The SMILES string of the molecule is CCCCCCC(Cl)COc1nc(-c2ccccc2)ncc1OCCCCCCCC1CCCC1. The van der Waals surface area contributed by atoms with Crippen molar-refractivity contribution in [1.29, 1.82) is 0 Å². The lowest BCUT2D eigenvalue weighted by atomic mass is 9.99. The molecule has 1 aromatic heterocycles. The van der Waals surface area contributed by atoms with Gasteiger partial charge >= 0.3 is 0 Å². The molecular formula is C30H45ClN2O2. The number of halogens is 1. The average Bonchev–Trinajstić information content (AvgIpc) is 3.41. The van der Waals surface area contributed by atoms with E-state index in [-0.39, 0.29) is 5.38 Å². The summed E-state index contributed by atoms with van der Waals surface area (Å²) in [5.41, 5.74) is 0.962. The van der Waals surface area contributed by atoms with Gasteiger partial charge in [-0.2, -0.15) is 4.98 Å². The van der Waals surface area contributed by atoms with Crippen LogP contribution < -0.4 is 9.47 Å². The lowest BCUT2D eigenvalue weighted by Gasteiger charge is -2.15. The lowest BCUT2D eigenvalue weighted by Crippen LogP contribution is -2.14. The number of benzene rings is 1. The van der Waals surface area contributed by atoms with Crippen LogP contribution >= 0.6 is 11.6 Å². The fourth-order valence-corrected chi connectivity index (χ4v) is 5.09. The summed E-state index contributed by atoms with van der Waals surface area (Å²) in [5, 5.41) is -0.0286. The highest BCUT2D eigenvalue weighted by atomic mass is 35.5. The Balaban J connectivity index is 1.44. The van der Waals surface area contributed by atoms with Crippen LogP contribution in [0.4, 0.5) is 0 Å². The first-order chi connectivity index (χ1) is 17.3. The zero-order valence-corrected chi connectivity index (χ0v) is 22.5. The zero-order chi connectivity index (χ0) is 24.6. The molecule has 1 saturated carbocycles. The Morgan fingerprint density at radius 1 is 0.914 bits per heavy atom. The number of ether oxygens (including phenoxy) is 2. The largest absolute Gasteiger partial charge is 0.487 e. The summed E-state index contributed by atoms with van der Waals surface area (Å²) in [6.07, 6.45) is 21.1. The van der Waals surface area contributed by atoms with Crippen LogP contribution in [-0.4, -0.2) is 28.6 Å². The maximum absolute atomic E-state index is 6.54. The molecule has 2 aromatic rings. The minimum atomic E-state index is -0.0286. The van der Waals surface area contributed by atoms with Crippen LogP contribution in [0.3, 0.4) is 0 Å². The van der Waals surface area contributed by atoms with Gasteiger partial charge in [0.1, 0.15) is 6.61 Å². The van der Waals surface area contributed by atoms with Crippen molar-refractivity contribution in [1.82, 2.24) is 9.97 Å². The van der Waals surface area contributed by atoms with Gasteiger partial charge in [0.2, 0.25) is 0 Å². The Bertz CT molecular complexity index is 811. The van der Waals surface area contributed by atoms with Gasteiger partial charge in [-0.25, -0.2) is 4.98 Å². The zero-order valence-electron chi connectivity index (χ0n) is 21.7. The third-order valence-electron chi connectivity index (χ3n) is 7.02. The van der Waals surface area contributed by atoms with Crippen molar-refractivity contribution in [2.24, 2.45) is 5.92 Å². The van der Waals surface area contributed by atoms with Gasteiger partial charge in [-0.3, -0.25) is 0 Å². The molecule has 1 aliphatic rings. The van der Waals surface area contributed by atoms with E-state index in [4.69, 9.17) is 21.1 Å². The number of rotatable bonds is 18. The third-order valence-corrected chi connectivity index (χ3v) is 7.36. The Labute approximate surface area is 218 Å². The molecule has 0 aliphatic heterocycles. The summed E-state index contributed by atoms with van der Waals surface area (Å²) in [4.78, 5) is 9.22.